The maximum atomic E-state index is 10.5. The lowest BCUT2D eigenvalue weighted by Gasteiger charge is -2.16. The van der Waals surface area contributed by atoms with Gasteiger partial charge in [0, 0.05) is 19.5 Å². The van der Waals surface area contributed by atoms with Crippen molar-refractivity contribution in [2.75, 3.05) is 19.8 Å². The van der Waals surface area contributed by atoms with Crippen LogP contribution in [0.4, 0.5) is 0 Å². The third-order valence-corrected chi connectivity index (χ3v) is 3.12. The molecule has 1 heterocycles. The molecule has 1 aromatic rings. The number of nitrogens with two attached hydrogens (primary N) is 1. The van der Waals surface area contributed by atoms with Crippen molar-refractivity contribution in [1.82, 2.24) is 5.32 Å². The van der Waals surface area contributed by atoms with E-state index in [0.717, 1.165) is 18.7 Å². The van der Waals surface area contributed by atoms with E-state index in [0.29, 0.717) is 13.2 Å². The maximum absolute atomic E-state index is 10.5. The summed E-state index contributed by atoms with van der Waals surface area (Å²) in [6.07, 6.45) is 0.942. The quantitative estimate of drug-likeness (QED) is 0.730. The highest BCUT2D eigenvalue weighted by molar-refractivity contribution is 5.74. The number of hydrogen-bond acceptors (Lipinski definition) is 4. The van der Waals surface area contributed by atoms with Crippen LogP contribution in [0.15, 0.2) is 18.2 Å². The van der Waals surface area contributed by atoms with Gasteiger partial charge in [-0.1, -0.05) is 12.1 Å². The van der Waals surface area contributed by atoms with Gasteiger partial charge in [0.1, 0.15) is 18.0 Å². The van der Waals surface area contributed by atoms with Crippen LogP contribution in [0, 0.1) is 0 Å². The summed E-state index contributed by atoms with van der Waals surface area (Å²) in [5.74, 6) is 0.551. The number of hydrogen-bond donors (Lipinski definition) is 2. The first kappa shape index (κ1) is 14.8. The Bertz CT molecular complexity index is 486. The highest BCUT2D eigenvalue weighted by atomic mass is 16.5. The Hall–Kier alpha value is -1.59. The van der Waals surface area contributed by atoms with Crippen LogP contribution in [0.25, 0.3) is 0 Å². The number of carbonyl (C=O) groups excluding carboxylic acids is 1. The first-order valence-electron chi connectivity index (χ1n) is 6.84. The molecule has 1 aromatic carbocycles. The van der Waals surface area contributed by atoms with Crippen LogP contribution in [0.3, 0.4) is 0 Å². The minimum atomic E-state index is -0.439. The van der Waals surface area contributed by atoms with Gasteiger partial charge in [-0.3, -0.25) is 4.79 Å². The Kier molecular flexibility index (Phi) is 4.62. The minimum Gasteiger partial charge on any atom is -0.487 e. The van der Waals surface area contributed by atoms with Crippen molar-refractivity contribution in [2.24, 2.45) is 5.73 Å². The zero-order chi connectivity index (χ0) is 14.6. The number of fused-ring (bicyclic) bond motifs is 1. The number of nitrogens with one attached hydrogen (secondary N) is 1. The van der Waals surface area contributed by atoms with E-state index in [-0.39, 0.29) is 12.2 Å². The first-order chi connectivity index (χ1) is 9.46. The van der Waals surface area contributed by atoms with Gasteiger partial charge in [-0.15, -0.1) is 0 Å². The number of benzene rings is 1. The Balaban J connectivity index is 1.74. The monoisotopic (exact) mass is 278 g/mol. The van der Waals surface area contributed by atoms with Crippen LogP contribution >= 0.6 is 0 Å². The standard InChI is InChI=1S/C15H22N2O3/c1-15(2)8-12-7-11(3-4-13(12)20-15)9-17-5-6-19-10-14(16)18/h3-4,7,17H,5-6,8-10H2,1-2H3,(H2,16,18). The van der Waals surface area contributed by atoms with E-state index >= 15 is 0 Å². The van der Waals surface area contributed by atoms with Gasteiger partial charge < -0.3 is 20.5 Å². The van der Waals surface area contributed by atoms with Gasteiger partial charge in [-0.2, -0.15) is 0 Å². The van der Waals surface area contributed by atoms with Gasteiger partial charge in [0.05, 0.1) is 6.61 Å². The molecule has 0 saturated heterocycles. The Labute approximate surface area is 119 Å². The fourth-order valence-corrected chi connectivity index (χ4v) is 2.32. The summed E-state index contributed by atoms with van der Waals surface area (Å²) in [4.78, 5) is 10.5. The third-order valence-electron chi connectivity index (χ3n) is 3.12. The normalized spacial score (nSPS) is 15.7. The number of ether oxygens (including phenoxy) is 2. The lowest BCUT2D eigenvalue weighted by atomic mass is 10.0. The number of primary amides is 1. The minimum absolute atomic E-state index is 0.0209. The van der Waals surface area contributed by atoms with Crippen molar-refractivity contribution >= 4 is 5.91 Å². The lowest BCUT2D eigenvalue weighted by Crippen LogP contribution is -2.24. The van der Waals surface area contributed by atoms with E-state index in [2.05, 4.69) is 31.3 Å². The Morgan fingerprint density at radius 3 is 3.05 bits per heavy atom. The second-order valence-corrected chi connectivity index (χ2v) is 5.68. The number of carbonyl (C=O) groups is 1. The maximum Gasteiger partial charge on any atom is 0.243 e. The second kappa shape index (κ2) is 6.24. The smallest absolute Gasteiger partial charge is 0.243 e. The van der Waals surface area contributed by atoms with Gasteiger partial charge >= 0.3 is 0 Å². The molecule has 0 aliphatic carbocycles. The van der Waals surface area contributed by atoms with Crippen molar-refractivity contribution in [3.8, 4) is 5.75 Å². The van der Waals surface area contributed by atoms with Crippen LogP contribution in [-0.4, -0.2) is 31.3 Å². The topological polar surface area (TPSA) is 73.6 Å². The van der Waals surface area contributed by atoms with E-state index in [1.807, 2.05) is 6.07 Å². The molecule has 1 amide bonds. The summed E-state index contributed by atoms with van der Waals surface area (Å²) in [5.41, 5.74) is 7.36. The Morgan fingerprint density at radius 1 is 1.50 bits per heavy atom. The summed E-state index contributed by atoms with van der Waals surface area (Å²) in [6, 6.07) is 6.28. The molecule has 110 valence electrons. The molecular formula is C15H22N2O3. The molecule has 20 heavy (non-hydrogen) atoms. The van der Waals surface area contributed by atoms with Crippen LogP contribution in [-0.2, 0) is 22.5 Å². The van der Waals surface area contributed by atoms with Crippen LogP contribution in [0.2, 0.25) is 0 Å². The van der Waals surface area contributed by atoms with Crippen molar-refractivity contribution < 1.29 is 14.3 Å². The van der Waals surface area contributed by atoms with Crippen molar-refractivity contribution in [1.29, 1.82) is 0 Å². The molecular weight excluding hydrogens is 256 g/mol. The average Bonchev–Trinajstić information content (AvgIpc) is 2.66. The SMILES string of the molecule is CC1(C)Cc2cc(CNCCOCC(N)=O)ccc2O1. The van der Waals surface area contributed by atoms with Gasteiger partial charge in [0.25, 0.3) is 0 Å². The summed E-state index contributed by atoms with van der Waals surface area (Å²) >= 11 is 0. The molecule has 0 fully saturated rings. The highest BCUT2D eigenvalue weighted by Crippen LogP contribution is 2.35. The summed E-state index contributed by atoms with van der Waals surface area (Å²) in [5, 5.41) is 3.27. The van der Waals surface area contributed by atoms with E-state index < -0.39 is 5.91 Å². The van der Waals surface area contributed by atoms with Gasteiger partial charge in [-0.25, -0.2) is 0 Å². The summed E-state index contributed by atoms with van der Waals surface area (Å²) in [6.45, 7) is 6.11. The van der Waals surface area contributed by atoms with E-state index in [4.69, 9.17) is 15.2 Å². The zero-order valence-corrected chi connectivity index (χ0v) is 12.1. The number of rotatable bonds is 7. The average molecular weight is 278 g/mol. The highest BCUT2D eigenvalue weighted by Gasteiger charge is 2.29. The third kappa shape index (κ3) is 4.21. The van der Waals surface area contributed by atoms with E-state index in [9.17, 15) is 4.79 Å². The second-order valence-electron chi connectivity index (χ2n) is 5.68. The summed E-state index contributed by atoms with van der Waals surface area (Å²) < 4.78 is 10.9. The molecule has 1 aliphatic heterocycles. The summed E-state index contributed by atoms with van der Waals surface area (Å²) in [7, 11) is 0. The molecule has 2 rings (SSSR count). The predicted molar refractivity (Wildman–Crippen MR) is 76.6 cm³/mol. The lowest BCUT2D eigenvalue weighted by molar-refractivity contribution is -0.122. The molecule has 0 bridgehead atoms. The van der Waals surface area contributed by atoms with Gasteiger partial charge in [-0.05, 0) is 31.0 Å². The fraction of sp³-hybridized carbons (Fsp3) is 0.533. The zero-order valence-electron chi connectivity index (χ0n) is 12.1. The van der Waals surface area contributed by atoms with E-state index in [1.54, 1.807) is 0 Å². The molecule has 0 atom stereocenters. The molecule has 5 heteroatoms. The van der Waals surface area contributed by atoms with Crippen molar-refractivity contribution in [2.45, 2.75) is 32.4 Å². The Morgan fingerprint density at radius 2 is 2.30 bits per heavy atom. The van der Waals surface area contributed by atoms with Crippen molar-refractivity contribution in [3.63, 3.8) is 0 Å². The molecule has 0 spiro atoms. The molecule has 0 unspecified atom stereocenters. The molecule has 0 aromatic heterocycles. The predicted octanol–water partition coefficient (Wildman–Crippen LogP) is 0.992. The molecule has 0 radical (unpaired) electrons. The number of amides is 1. The molecule has 0 saturated carbocycles. The van der Waals surface area contributed by atoms with Gasteiger partial charge in [0.2, 0.25) is 5.91 Å². The largest absolute Gasteiger partial charge is 0.487 e. The first-order valence-corrected chi connectivity index (χ1v) is 6.84. The van der Waals surface area contributed by atoms with Gasteiger partial charge in [0.15, 0.2) is 0 Å². The van der Waals surface area contributed by atoms with Crippen molar-refractivity contribution in [3.05, 3.63) is 29.3 Å². The molecule has 3 N–H and O–H groups in total. The van der Waals surface area contributed by atoms with E-state index in [1.165, 1.54) is 11.1 Å². The van der Waals surface area contributed by atoms with Crippen LogP contribution < -0.4 is 15.8 Å². The molecule has 5 nitrogen and oxygen atoms in total. The van der Waals surface area contributed by atoms with Crippen LogP contribution in [0.5, 0.6) is 5.75 Å². The molecule has 1 aliphatic rings. The van der Waals surface area contributed by atoms with Crippen LogP contribution in [0.1, 0.15) is 25.0 Å². The fourth-order valence-electron chi connectivity index (χ4n) is 2.32.